The Morgan fingerprint density at radius 3 is 2.33 bits per heavy atom. The number of amides is 2. The Morgan fingerprint density at radius 1 is 1.15 bits per heavy atom. The van der Waals surface area contributed by atoms with Crippen molar-refractivity contribution < 1.29 is 23.9 Å². The molecular weight excluding hydrogens is 352 g/mol. The summed E-state index contributed by atoms with van der Waals surface area (Å²) >= 11 is 0. The molecule has 144 valence electrons. The number of rotatable bonds is 8. The Balaban J connectivity index is 1.89. The summed E-state index contributed by atoms with van der Waals surface area (Å²) in [6, 6.07) is 5.48. The Kier molecular flexibility index (Phi) is 6.64. The standard InChI is InChI=1S/C18H22N4O5/c1-10(2)8-14(18(25)26)20-15(23)9-19-16(24)12-4-6-13(7-5-12)17-22-21-11(3)27-17/h4-7,10,14H,8-9H2,1-3H3,(H,19,24)(H,20,23)(H,25,26)/t14-/m0/s1. The molecule has 9 nitrogen and oxygen atoms in total. The number of nitrogens with one attached hydrogen (secondary N) is 2. The summed E-state index contributed by atoms with van der Waals surface area (Å²) in [6.07, 6.45) is 0.311. The van der Waals surface area contributed by atoms with E-state index in [4.69, 9.17) is 9.52 Å². The molecule has 9 heteroatoms. The van der Waals surface area contributed by atoms with Gasteiger partial charge >= 0.3 is 5.97 Å². The number of carboxylic acids is 1. The van der Waals surface area contributed by atoms with Crippen LogP contribution in [0.3, 0.4) is 0 Å². The fraction of sp³-hybridized carbons (Fsp3) is 0.389. The lowest BCUT2D eigenvalue weighted by Crippen LogP contribution is -2.46. The van der Waals surface area contributed by atoms with Gasteiger partial charge in [-0.2, -0.15) is 0 Å². The van der Waals surface area contributed by atoms with Crippen molar-refractivity contribution >= 4 is 17.8 Å². The topological polar surface area (TPSA) is 134 Å². The third kappa shape index (κ3) is 5.91. The highest BCUT2D eigenvalue weighted by Gasteiger charge is 2.21. The molecule has 27 heavy (non-hydrogen) atoms. The number of carbonyl (C=O) groups is 3. The number of aliphatic carboxylic acids is 1. The maximum Gasteiger partial charge on any atom is 0.326 e. The molecule has 0 unspecified atom stereocenters. The van der Waals surface area contributed by atoms with Crippen molar-refractivity contribution in [3.8, 4) is 11.5 Å². The maximum atomic E-state index is 12.1. The first-order chi connectivity index (χ1) is 12.8. The molecule has 1 aromatic heterocycles. The Morgan fingerprint density at radius 2 is 1.81 bits per heavy atom. The molecule has 0 radical (unpaired) electrons. The molecule has 0 saturated heterocycles. The molecule has 2 amide bonds. The van der Waals surface area contributed by atoms with Gasteiger partial charge in [0.05, 0.1) is 6.54 Å². The number of benzene rings is 1. The molecule has 0 saturated carbocycles. The van der Waals surface area contributed by atoms with Gasteiger partial charge in [-0.25, -0.2) is 4.79 Å². The van der Waals surface area contributed by atoms with Gasteiger partial charge in [-0.15, -0.1) is 10.2 Å². The van der Waals surface area contributed by atoms with E-state index in [-0.39, 0.29) is 12.5 Å². The van der Waals surface area contributed by atoms with Gasteiger partial charge in [-0.1, -0.05) is 13.8 Å². The maximum absolute atomic E-state index is 12.1. The fourth-order valence-electron chi connectivity index (χ4n) is 2.38. The minimum atomic E-state index is -1.10. The van der Waals surface area contributed by atoms with E-state index in [0.717, 1.165) is 0 Å². The summed E-state index contributed by atoms with van der Waals surface area (Å²) in [5.74, 6) is -1.21. The van der Waals surface area contributed by atoms with Crippen molar-refractivity contribution in [2.45, 2.75) is 33.2 Å². The number of hydrogen-bond donors (Lipinski definition) is 3. The molecule has 2 rings (SSSR count). The van der Waals surface area contributed by atoms with Gasteiger partial charge in [0.1, 0.15) is 6.04 Å². The summed E-state index contributed by atoms with van der Waals surface area (Å²) in [5.41, 5.74) is 1.02. The van der Waals surface area contributed by atoms with E-state index in [1.54, 1.807) is 31.2 Å². The van der Waals surface area contributed by atoms with E-state index in [0.29, 0.717) is 29.3 Å². The molecule has 0 fully saturated rings. The van der Waals surface area contributed by atoms with Crippen LogP contribution in [-0.4, -0.2) is 45.7 Å². The summed E-state index contributed by atoms with van der Waals surface area (Å²) < 4.78 is 5.31. The summed E-state index contributed by atoms with van der Waals surface area (Å²) in [4.78, 5) is 35.2. The molecular formula is C18H22N4O5. The molecule has 1 aromatic carbocycles. The van der Waals surface area contributed by atoms with Gasteiger partial charge in [-0.05, 0) is 36.6 Å². The second-order valence-electron chi connectivity index (χ2n) is 6.47. The van der Waals surface area contributed by atoms with Gasteiger partial charge in [0.2, 0.25) is 17.7 Å². The highest BCUT2D eigenvalue weighted by atomic mass is 16.4. The van der Waals surface area contributed by atoms with Crippen LogP contribution in [0.1, 0.15) is 36.5 Å². The second-order valence-corrected chi connectivity index (χ2v) is 6.47. The van der Waals surface area contributed by atoms with Crippen LogP contribution in [0, 0.1) is 12.8 Å². The Bertz CT molecular complexity index is 813. The molecule has 0 bridgehead atoms. The van der Waals surface area contributed by atoms with E-state index < -0.39 is 23.8 Å². The van der Waals surface area contributed by atoms with Gasteiger partial charge in [0.25, 0.3) is 5.91 Å². The molecule has 0 aliphatic rings. The van der Waals surface area contributed by atoms with Gasteiger partial charge in [-0.3, -0.25) is 9.59 Å². The average Bonchev–Trinajstić information content (AvgIpc) is 3.05. The molecule has 0 aliphatic heterocycles. The van der Waals surface area contributed by atoms with Crippen LogP contribution in [0.25, 0.3) is 11.5 Å². The largest absolute Gasteiger partial charge is 0.480 e. The zero-order valence-corrected chi connectivity index (χ0v) is 15.4. The first kappa shape index (κ1) is 20.1. The molecule has 3 N–H and O–H groups in total. The van der Waals surface area contributed by atoms with Crippen molar-refractivity contribution in [2.24, 2.45) is 5.92 Å². The molecule has 1 atom stereocenters. The van der Waals surface area contributed by atoms with Crippen LogP contribution in [-0.2, 0) is 9.59 Å². The normalized spacial score (nSPS) is 11.9. The second kappa shape index (κ2) is 8.93. The van der Waals surface area contributed by atoms with Crippen LogP contribution >= 0.6 is 0 Å². The van der Waals surface area contributed by atoms with Gasteiger partial charge in [0, 0.05) is 18.1 Å². The van der Waals surface area contributed by atoms with Crippen LogP contribution in [0.4, 0.5) is 0 Å². The average molecular weight is 374 g/mol. The predicted molar refractivity (Wildman–Crippen MR) is 95.8 cm³/mol. The Hall–Kier alpha value is -3.23. The minimum Gasteiger partial charge on any atom is -0.480 e. The number of nitrogens with zero attached hydrogens (tertiary/aromatic N) is 2. The summed E-state index contributed by atoms with van der Waals surface area (Å²) in [6.45, 7) is 5.09. The lowest BCUT2D eigenvalue weighted by molar-refractivity contribution is -0.142. The highest BCUT2D eigenvalue weighted by molar-refractivity contribution is 5.97. The summed E-state index contributed by atoms with van der Waals surface area (Å²) in [7, 11) is 0. The summed E-state index contributed by atoms with van der Waals surface area (Å²) in [5, 5.41) is 21.6. The van der Waals surface area contributed by atoms with E-state index in [9.17, 15) is 14.4 Å². The molecule has 0 spiro atoms. The molecule has 0 aliphatic carbocycles. The number of carboxylic acid groups (broad SMARTS) is 1. The van der Waals surface area contributed by atoms with Crippen LogP contribution in [0.15, 0.2) is 28.7 Å². The monoisotopic (exact) mass is 374 g/mol. The highest BCUT2D eigenvalue weighted by Crippen LogP contribution is 2.18. The molecule has 2 aromatic rings. The Labute approximate surface area is 156 Å². The fourth-order valence-corrected chi connectivity index (χ4v) is 2.38. The van der Waals surface area contributed by atoms with Gasteiger partial charge < -0.3 is 20.2 Å². The smallest absolute Gasteiger partial charge is 0.326 e. The van der Waals surface area contributed by atoms with Gasteiger partial charge in [0.15, 0.2) is 0 Å². The number of aromatic nitrogens is 2. The van der Waals surface area contributed by atoms with Crippen LogP contribution in [0.2, 0.25) is 0 Å². The molecule has 1 heterocycles. The van der Waals surface area contributed by atoms with Crippen LogP contribution < -0.4 is 10.6 Å². The lowest BCUT2D eigenvalue weighted by Gasteiger charge is -2.16. The quantitative estimate of drug-likeness (QED) is 0.635. The first-order valence-corrected chi connectivity index (χ1v) is 8.47. The van der Waals surface area contributed by atoms with E-state index in [1.807, 2.05) is 13.8 Å². The number of carbonyl (C=O) groups excluding carboxylic acids is 2. The third-order valence-electron chi connectivity index (χ3n) is 3.67. The number of aryl methyl sites for hydroxylation is 1. The van der Waals surface area contributed by atoms with Crippen molar-refractivity contribution in [3.05, 3.63) is 35.7 Å². The van der Waals surface area contributed by atoms with E-state index in [1.165, 1.54) is 0 Å². The van der Waals surface area contributed by atoms with Crippen molar-refractivity contribution in [1.82, 2.24) is 20.8 Å². The van der Waals surface area contributed by atoms with E-state index >= 15 is 0 Å². The predicted octanol–water partition coefficient (Wildman–Crippen LogP) is 1.39. The van der Waals surface area contributed by atoms with Crippen molar-refractivity contribution in [2.75, 3.05) is 6.54 Å². The zero-order chi connectivity index (χ0) is 20.0. The first-order valence-electron chi connectivity index (χ1n) is 8.47. The minimum absolute atomic E-state index is 0.113. The number of hydrogen-bond acceptors (Lipinski definition) is 6. The third-order valence-corrected chi connectivity index (χ3v) is 3.67. The van der Waals surface area contributed by atoms with Crippen molar-refractivity contribution in [3.63, 3.8) is 0 Å². The zero-order valence-electron chi connectivity index (χ0n) is 15.4. The van der Waals surface area contributed by atoms with E-state index in [2.05, 4.69) is 20.8 Å². The lowest BCUT2D eigenvalue weighted by atomic mass is 10.0. The SMILES string of the molecule is Cc1nnc(-c2ccc(C(=O)NCC(=O)N[C@@H](CC(C)C)C(=O)O)cc2)o1. The van der Waals surface area contributed by atoms with Crippen LogP contribution in [0.5, 0.6) is 0 Å². The van der Waals surface area contributed by atoms with Crippen molar-refractivity contribution in [1.29, 1.82) is 0 Å².